The fourth-order valence-corrected chi connectivity index (χ4v) is 3.04. The number of aryl methyl sites for hydroxylation is 2. The van der Waals surface area contributed by atoms with Crippen LogP contribution in [-0.2, 0) is 6.42 Å². The molecule has 21 heavy (non-hydrogen) atoms. The molecule has 0 saturated heterocycles. The molecule has 0 radical (unpaired) electrons. The van der Waals surface area contributed by atoms with Crippen molar-refractivity contribution in [3.05, 3.63) is 64.7 Å². The van der Waals surface area contributed by atoms with Gasteiger partial charge in [0, 0.05) is 6.42 Å². The third-order valence-corrected chi connectivity index (χ3v) is 4.36. The Morgan fingerprint density at radius 1 is 1.14 bits per heavy atom. The SMILES string of the molecule is CCNC(c1ccc(C)c(C)c1)C1Cc2ccccc2O1. The van der Waals surface area contributed by atoms with Crippen LogP contribution < -0.4 is 10.1 Å². The number of para-hydroxylation sites is 1. The van der Waals surface area contributed by atoms with Crippen molar-refractivity contribution in [2.24, 2.45) is 0 Å². The van der Waals surface area contributed by atoms with Crippen LogP contribution in [0.4, 0.5) is 0 Å². The molecule has 3 rings (SSSR count). The van der Waals surface area contributed by atoms with Crippen LogP contribution in [0, 0.1) is 13.8 Å². The number of benzene rings is 2. The molecular weight excluding hydrogens is 258 g/mol. The highest BCUT2D eigenvalue weighted by molar-refractivity contribution is 5.39. The van der Waals surface area contributed by atoms with Gasteiger partial charge in [0.1, 0.15) is 11.9 Å². The van der Waals surface area contributed by atoms with E-state index < -0.39 is 0 Å². The van der Waals surface area contributed by atoms with Gasteiger partial charge >= 0.3 is 0 Å². The van der Waals surface area contributed by atoms with Crippen molar-refractivity contribution in [1.29, 1.82) is 0 Å². The molecule has 2 aromatic carbocycles. The summed E-state index contributed by atoms with van der Waals surface area (Å²) in [6, 6.07) is 15.3. The Kier molecular flexibility index (Phi) is 3.98. The first-order valence-corrected chi connectivity index (χ1v) is 7.74. The lowest BCUT2D eigenvalue weighted by Crippen LogP contribution is -2.34. The zero-order valence-electron chi connectivity index (χ0n) is 13.0. The average Bonchev–Trinajstić information content (AvgIpc) is 2.91. The number of fused-ring (bicyclic) bond motifs is 1. The van der Waals surface area contributed by atoms with Gasteiger partial charge in [0.25, 0.3) is 0 Å². The largest absolute Gasteiger partial charge is 0.488 e. The Morgan fingerprint density at radius 2 is 1.95 bits per heavy atom. The van der Waals surface area contributed by atoms with Crippen molar-refractivity contribution in [3.8, 4) is 5.75 Å². The minimum Gasteiger partial charge on any atom is -0.488 e. The second-order valence-corrected chi connectivity index (χ2v) is 5.85. The summed E-state index contributed by atoms with van der Waals surface area (Å²) in [5, 5.41) is 3.60. The fourth-order valence-electron chi connectivity index (χ4n) is 3.04. The summed E-state index contributed by atoms with van der Waals surface area (Å²) in [6.07, 6.45) is 1.14. The highest BCUT2D eigenvalue weighted by Gasteiger charge is 2.30. The predicted octanol–water partition coefficient (Wildman–Crippen LogP) is 3.96. The smallest absolute Gasteiger partial charge is 0.123 e. The minimum absolute atomic E-state index is 0.171. The van der Waals surface area contributed by atoms with Gasteiger partial charge in [-0.15, -0.1) is 0 Å². The zero-order valence-corrected chi connectivity index (χ0v) is 13.0. The van der Waals surface area contributed by atoms with Gasteiger partial charge < -0.3 is 10.1 Å². The molecule has 2 aromatic rings. The van der Waals surface area contributed by atoms with Crippen molar-refractivity contribution >= 4 is 0 Å². The molecule has 110 valence electrons. The zero-order chi connectivity index (χ0) is 14.8. The number of ether oxygens (including phenoxy) is 1. The van der Waals surface area contributed by atoms with Gasteiger partial charge in [-0.2, -0.15) is 0 Å². The molecule has 0 amide bonds. The molecule has 0 saturated carbocycles. The van der Waals surface area contributed by atoms with Gasteiger partial charge in [-0.25, -0.2) is 0 Å². The van der Waals surface area contributed by atoms with Gasteiger partial charge in [0.2, 0.25) is 0 Å². The number of rotatable bonds is 4. The second kappa shape index (κ2) is 5.90. The number of likely N-dealkylation sites (N-methyl/N-ethyl adjacent to an activating group) is 1. The first kappa shape index (κ1) is 14.2. The number of nitrogens with one attached hydrogen (secondary N) is 1. The molecule has 2 heteroatoms. The molecule has 1 aliphatic heterocycles. The first-order valence-electron chi connectivity index (χ1n) is 7.74. The van der Waals surface area contributed by atoms with E-state index in [0.717, 1.165) is 18.7 Å². The van der Waals surface area contributed by atoms with Crippen LogP contribution in [0.1, 0.15) is 35.2 Å². The van der Waals surface area contributed by atoms with E-state index in [-0.39, 0.29) is 12.1 Å². The molecular formula is C19H23NO. The molecule has 2 nitrogen and oxygen atoms in total. The average molecular weight is 281 g/mol. The quantitative estimate of drug-likeness (QED) is 0.916. The molecule has 2 unspecified atom stereocenters. The summed E-state index contributed by atoms with van der Waals surface area (Å²) in [6.45, 7) is 7.42. The van der Waals surface area contributed by atoms with Gasteiger partial charge in [-0.3, -0.25) is 0 Å². The molecule has 1 heterocycles. The molecule has 0 bridgehead atoms. The summed E-state index contributed by atoms with van der Waals surface area (Å²) in [4.78, 5) is 0. The maximum absolute atomic E-state index is 6.18. The maximum Gasteiger partial charge on any atom is 0.123 e. The van der Waals surface area contributed by atoms with E-state index in [0.29, 0.717) is 0 Å². The van der Waals surface area contributed by atoms with Gasteiger partial charge in [-0.1, -0.05) is 43.3 Å². The summed E-state index contributed by atoms with van der Waals surface area (Å²) in [5.74, 6) is 1.04. The number of hydrogen-bond donors (Lipinski definition) is 1. The molecule has 2 atom stereocenters. The topological polar surface area (TPSA) is 21.3 Å². The van der Waals surface area contributed by atoms with E-state index >= 15 is 0 Å². The van der Waals surface area contributed by atoms with Crippen LogP contribution in [0.5, 0.6) is 5.75 Å². The monoisotopic (exact) mass is 281 g/mol. The fraction of sp³-hybridized carbons (Fsp3) is 0.368. The van der Waals surface area contributed by atoms with Crippen LogP contribution >= 0.6 is 0 Å². The first-order chi connectivity index (χ1) is 10.2. The Hall–Kier alpha value is -1.80. The Balaban J connectivity index is 1.87. The van der Waals surface area contributed by atoms with E-state index in [1.165, 1.54) is 22.3 Å². The molecule has 0 aliphatic carbocycles. The van der Waals surface area contributed by atoms with Crippen molar-refractivity contribution in [2.45, 2.75) is 39.3 Å². The Bertz CT molecular complexity index is 610. The van der Waals surface area contributed by atoms with E-state index in [9.17, 15) is 0 Å². The standard InChI is InChI=1S/C19H23NO/c1-4-20-19(16-10-9-13(2)14(3)11-16)18-12-15-7-5-6-8-17(15)21-18/h5-11,18-20H,4,12H2,1-3H3. The van der Waals surface area contributed by atoms with Crippen molar-refractivity contribution in [2.75, 3.05) is 6.54 Å². The number of hydrogen-bond acceptors (Lipinski definition) is 2. The second-order valence-electron chi connectivity index (χ2n) is 5.85. The van der Waals surface area contributed by atoms with Crippen molar-refractivity contribution in [1.82, 2.24) is 5.32 Å². The van der Waals surface area contributed by atoms with Gasteiger partial charge in [0.05, 0.1) is 6.04 Å². The lowest BCUT2D eigenvalue weighted by molar-refractivity contribution is 0.179. The van der Waals surface area contributed by atoms with Gasteiger partial charge in [-0.05, 0) is 48.7 Å². The molecule has 0 aromatic heterocycles. The molecule has 0 fully saturated rings. The summed E-state index contributed by atoms with van der Waals surface area (Å²) in [5.41, 5.74) is 5.31. The highest BCUT2D eigenvalue weighted by atomic mass is 16.5. The third-order valence-electron chi connectivity index (χ3n) is 4.36. The molecule has 0 spiro atoms. The Labute approximate surface area is 127 Å². The van der Waals surface area contributed by atoms with Crippen LogP contribution in [0.25, 0.3) is 0 Å². The van der Waals surface area contributed by atoms with Crippen molar-refractivity contribution < 1.29 is 4.74 Å². The normalized spacial score (nSPS) is 18.1. The van der Waals surface area contributed by atoms with Crippen molar-refractivity contribution in [3.63, 3.8) is 0 Å². The maximum atomic E-state index is 6.18. The summed E-state index contributed by atoms with van der Waals surface area (Å²) in [7, 11) is 0. The van der Waals surface area contributed by atoms with Crippen LogP contribution in [0.2, 0.25) is 0 Å². The Morgan fingerprint density at radius 3 is 2.67 bits per heavy atom. The summed E-state index contributed by atoms with van der Waals surface area (Å²) >= 11 is 0. The third kappa shape index (κ3) is 2.81. The van der Waals surface area contributed by atoms with E-state index in [2.05, 4.69) is 62.5 Å². The van der Waals surface area contributed by atoms with Gasteiger partial charge in [0.15, 0.2) is 0 Å². The highest BCUT2D eigenvalue weighted by Crippen LogP contribution is 2.34. The predicted molar refractivity (Wildman–Crippen MR) is 86.9 cm³/mol. The minimum atomic E-state index is 0.171. The van der Waals surface area contributed by atoms with Crippen LogP contribution in [0.15, 0.2) is 42.5 Å². The lowest BCUT2D eigenvalue weighted by Gasteiger charge is -2.25. The van der Waals surface area contributed by atoms with E-state index in [1.807, 2.05) is 6.07 Å². The van der Waals surface area contributed by atoms with Crippen LogP contribution in [-0.4, -0.2) is 12.6 Å². The van der Waals surface area contributed by atoms with E-state index in [1.54, 1.807) is 0 Å². The van der Waals surface area contributed by atoms with E-state index in [4.69, 9.17) is 4.74 Å². The molecule has 1 N–H and O–H groups in total. The summed E-state index contributed by atoms with van der Waals surface area (Å²) < 4.78 is 6.18. The molecule has 1 aliphatic rings. The lowest BCUT2D eigenvalue weighted by atomic mass is 9.95. The van der Waals surface area contributed by atoms with Crippen LogP contribution in [0.3, 0.4) is 0 Å².